The van der Waals surface area contributed by atoms with Gasteiger partial charge in [-0.05, 0) is 24.3 Å². The van der Waals surface area contributed by atoms with Crippen LogP contribution in [0.3, 0.4) is 0 Å². The van der Waals surface area contributed by atoms with Crippen molar-refractivity contribution in [2.24, 2.45) is 0 Å². The first-order valence-electron chi connectivity index (χ1n) is 8.51. The molecule has 7 heteroatoms. The Morgan fingerprint density at radius 1 is 1.12 bits per heavy atom. The van der Waals surface area contributed by atoms with Gasteiger partial charge in [0, 0.05) is 48.2 Å². The van der Waals surface area contributed by atoms with E-state index in [0.717, 1.165) is 16.2 Å². The second kappa shape index (κ2) is 6.63. The lowest BCUT2D eigenvalue weighted by atomic mass is 9.92. The van der Waals surface area contributed by atoms with Gasteiger partial charge >= 0.3 is 0 Å². The topological polar surface area (TPSA) is 44.4 Å². The monoisotopic (exact) mass is 421 g/mol. The van der Waals surface area contributed by atoms with Crippen molar-refractivity contribution in [3.63, 3.8) is 0 Å². The number of hydrogen-bond acceptors (Lipinski definition) is 3. The molecular weight excluding hydrogens is 404 g/mol. The molecule has 0 bridgehead atoms. The average molecular weight is 422 g/mol. The molecule has 2 heterocycles. The van der Waals surface area contributed by atoms with E-state index in [1.54, 1.807) is 12.1 Å². The predicted molar refractivity (Wildman–Crippen MR) is 98.8 cm³/mol. The Bertz CT molecular complexity index is 866. The number of carbonyl (C=O) groups is 1. The van der Waals surface area contributed by atoms with Crippen molar-refractivity contribution < 1.29 is 13.6 Å². The number of hydrogen-bond donors (Lipinski definition) is 2. The first-order valence-corrected chi connectivity index (χ1v) is 9.31. The Morgan fingerprint density at radius 2 is 1.88 bits per heavy atom. The zero-order chi connectivity index (χ0) is 18.3. The second-order valence-corrected chi connectivity index (χ2v) is 7.76. The maximum Gasteiger partial charge on any atom is 0.255 e. The third-order valence-corrected chi connectivity index (χ3v) is 5.58. The fraction of sp³-hybridized carbons (Fsp3) is 0.316. The number of nitrogens with zero attached hydrogens (tertiary/aromatic N) is 1. The molecule has 0 aromatic heterocycles. The van der Waals surface area contributed by atoms with Gasteiger partial charge in [-0.3, -0.25) is 9.69 Å². The number of rotatable bonds is 2. The molecule has 4 rings (SSSR count). The molecule has 136 valence electrons. The van der Waals surface area contributed by atoms with Crippen LogP contribution < -0.4 is 10.6 Å². The van der Waals surface area contributed by atoms with Gasteiger partial charge in [0.15, 0.2) is 11.6 Å². The summed E-state index contributed by atoms with van der Waals surface area (Å²) in [5, 5.41) is 6.55. The molecule has 0 aliphatic carbocycles. The fourth-order valence-corrected chi connectivity index (χ4v) is 4.00. The van der Waals surface area contributed by atoms with Crippen molar-refractivity contribution in [3.05, 3.63) is 63.6 Å². The number of nitrogens with one attached hydrogen (secondary N) is 2. The van der Waals surface area contributed by atoms with E-state index in [-0.39, 0.29) is 5.91 Å². The minimum atomic E-state index is -0.819. The molecule has 2 aromatic carbocycles. The first kappa shape index (κ1) is 17.4. The molecule has 0 atom stereocenters. The quantitative estimate of drug-likeness (QED) is 0.773. The van der Waals surface area contributed by atoms with Gasteiger partial charge < -0.3 is 10.6 Å². The highest BCUT2D eigenvalue weighted by atomic mass is 79.9. The molecule has 26 heavy (non-hydrogen) atoms. The van der Waals surface area contributed by atoms with Crippen LogP contribution in [0.4, 0.5) is 14.5 Å². The normalized spacial score (nSPS) is 19.0. The van der Waals surface area contributed by atoms with Gasteiger partial charge in [0.25, 0.3) is 5.91 Å². The van der Waals surface area contributed by atoms with Crippen LogP contribution in [0, 0.1) is 11.6 Å². The summed E-state index contributed by atoms with van der Waals surface area (Å²) < 4.78 is 28.1. The third-order valence-electron chi connectivity index (χ3n) is 5.09. The van der Waals surface area contributed by atoms with Gasteiger partial charge in [-0.2, -0.15) is 0 Å². The van der Waals surface area contributed by atoms with E-state index >= 15 is 0 Å². The van der Waals surface area contributed by atoms with Gasteiger partial charge in [0.1, 0.15) is 5.66 Å². The molecule has 2 aliphatic rings. The van der Waals surface area contributed by atoms with Gasteiger partial charge in [-0.1, -0.05) is 28.1 Å². The number of piperidine rings is 1. The summed E-state index contributed by atoms with van der Waals surface area (Å²) in [5.74, 6) is -1.69. The van der Waals surface area contributed by atoms with E-state index in [0.29, 0.717) is 43.6 Å². The number of benzene rings is 2. The van der Waals surface area contributed by atoms with Gasteiger partial charge in [0.2, 0.25) is 0 Å². The molecule has 1 fully saturated rings. The number of amides is 1. The molecule has 0 unspecified atom stereocenters. The molecule has 2 aliphatic heterocycles. The molecule has 0 saturated carbocycles. The van der Waals surface area contributed by atoms with Gasteiger partial charge in [0.05, 0.1) is 5.56 Å². The van der Waals surface area contributed by atoms with E-state index in [1.165, 1.54) is 6.07 Å². The van der Waals surface area contributed by atoms with Crippen LogP contribution in [0.15, 0.2) is 40.9 Å². The van der Waals surface area contributed by atoms with Crippen molar-refractivity contribution in [2.45, 2.75) is 25.0 Å². The molecule has 1 spiro atoms. The number of halogens is 3. The van der Waals surface area contributed by atoms with Crippen molar-refractivity contribution >= 4 is 27.5 Å². The lowest BCUT2D eigenvalue weighted by Gasteiger charge is -2.46. The lowest BCUT2D eigenvalue weighted by Crippen LogP contribution is -2.62. The minimum Gasteiger partial charge on any atom is -0.362 e. The molecule has 4 nitrogen and oxygen atoms in total. The smallest absolute Gasteiger partial charge is 0.255 e. The maximum atomic E-state index is 13.9. The fourth-order valence-electron chi connectivity index (χ4n) is 3.64. The highest BCUT2D eigenvalue weighted by molar-refractivity contribution is 9.10. The minimum absolute atomic E-state index is 0.0929. The summed E-state index contributed by atoms with van der Waals surface area (Å²) in [5.41, 5.74) is 1.31. The van der Waals surface area contributed by atoms with Crippen LogP contribution in [-0.2, 0) is 6.54 Å². The summed E-state index contributed by atoms with van der Waals surface area (Å²) in [6.45, 7) is 1.71. The largest absolute Gasteiger partial charge is 0.362 e. The molecule has 2 N–H and O–H groups in total. The summed E-state index contributed by atoms with van der Waals surface area (Å²) in [6, 6.07) is 9.86. The average Bonchev–Trinajstić information content (AvgIpc) is 2.62. The predicted octanol–water partition coefficient (Wildman–Crippen LogP) is 3.87. The van der Waals surface area contributed by atoms with E-state index in [9.17, 15) is 13.6 Å². The van der Waals surface area contributed by atoms with Gasteiger partial charge in [-0.15, -0.1) is 0 Å². The Morgan fingerprint density at radius 3 is 2.65 bits per heavy atom. The second-order valence-electron chi connectivity index (χ2n) is 6.84. The maximum absolute atomic E-state index is 13.9. The van der Waals surface area contributed by atoms with Crippen LogP contribution >= 0.6 is 15.9 Å². The standard InChI is InChI=1S/C19H18BrF2N3O/c20-13-4-5-16-14(10-13)18(26)24-19(23-16)6-8-25(9-7-19)11-12-2-1-3-15(21)17(12)22/h1-5,10,23H,6-9,11H2,(H,24,26). The molecule has 0 radical (unpaired) electrons. The first-order chi connectivity index (χ1) is 12.5. The molecule has 2 aromatic rings. The number of anilines is 1. The van der Waals surface area contributed by atoms with E-state index in [1.807, 2.05) is 12.1 Å². The van der Waals surface area contributed by atoms with Crippen molar-refractivity contribution in [2.75, 3.05) is 18.4 Å². The molecule has 1 saturated heterocycles. The Kier molecular flexibility index (Phi) is 4.44. The van der Waals surface area contributed by atoms with Crippen LogP contribution in [0.25, 0.3) is 0 Å². The Hall–Kier alpha value is -1.99. The van der Waals surface area contributed by atoms with Crippen LogP contribution in [-0.4, -0.2) is 29.6 Å². The number of likely N-dealkylation sites (tertiary alicyclic amines) is 1. The van der Waals surface area contributed by atoms with Crippen molar-refractivity contribution in [3.8, 4) is 0 Å². The number of fused-ring (bicyclic) bond motifs is 1. The van der Waals surface area contributed by atoms with Crippen LogP contribution in [0.2, 0.25) is 0 Å². The Balaban J connectivity index is 1.46. The number of carbonyl (C=O) groups excluding carboxylic acids is 1. The molecule has 1 amide bonds. The summed E-state index contributed by atoms with van der Waals surface area (Å²) >= 11 is 3.38. The lowest BCUT2D eigenvalue weighted by molar-refractivity contribution is 0.0821. The highest BCUT2D eigenvalue weighted by Crippen LogP contribution is 2.33. The van der Waals surface area contributed by atoms with Crippen molar-refractivity contribution in [1.29, 1.82) is 0 Å². The van der Waals surface area contributed by atoms with Crippen LogP contribution in [0.1, 0.15) is 28.8 Å². The summed E-state index contributed by atoms with van der Waals surface area (Å²) in [4.78, 5) is 14.6. The zero-order valence-corrected chi connectivity index (χ0v) is 15.6. The third kappa shape index (κ3) is 3.21. The van der Waals surface area contributed by atoms with Crippen LogP contribution in [0.5, 0.6) is 0 Å². The SMILES string of the molecule is O=C1NC2(CCN(Cc3cccc(F)c3F)CC2)Nc2ccc(Br)cc21. The van der Waals surface area contributed by atoms with Gasteiger partial charge in [-0.25, -0.2) is 8.78 Å². The van der Waals surface area contributed by atoms with E-state index in [2.05, 4.69) is 31.5 Å². The summed E-state index contributed by atoms with van der Waals surface area (Å²) in [6.07, 6.45) is 1.37. The van der Waals surface area contributed by atoms with Crippen molar-refractivity contribution in [1.82, 2.24) is 10.2 Å². The summed E-state index contributed by atoms with van der Waals surface area (Å²) in [7, 11) is 0. The van der Waals surface area contributed by atoms with E-state index in [4.69, 9.17) is 0 Å². The zero-order valence-electron chi connectivity index (χ0n) is 14.0. The Labute approximate surface area is 158 Å². The van der Waals surface area contributed by atoms with E-state index < -0.39 is 17.3 Å². The highest BCUT2D eigenvalue weighted by Gasteiger charge is 2.40. The molecular formula is C19H18BrF2N3O.